The summed E-state index contributed by atoms with van der Waals surface area (Å²) in [6.07, 6.45) is 5.81. The molecule has 2 fully saturated rings. The maximum absolute atomic E-state index is 13.0. The Bertz CT molecular complexity index is 872. The van der Waals surface area contributed by atoms with Crippen molar-refractivity contribution in [2.45, 2.75) is 50.0 Å². The van der Waals surface area contributed by atoms with Gasteiger partial charge in [0.25, 0.3) is 5.91 Å². The second-order valence-corrected chi connectivity index (χ2v) is 8.35. The molecule has 1 aromatic heterocycles. The summed E-state index contributed by atoms with van der Waals surface area (Å²) in [5.41, 5.74) is 4.95. The predicted octanol–water partition coefficient (Wildman–Crippen LogP) is 3.16. The topological polar surface area (TPSA) is 49.3 Å². The molecule has 1 aliphatic heterocycles. The number of rotatable bonds is 2. The number of carbonyl (C=O) groups is 1. The molecule has 0 radical (unpaired) electrons. The van der Waals surface area contributed by atoms with Crippen molar-refractivity contribution in [1.29, 1.82) is 0 Å². The summed E-state index contributed by atoms with van der Waals surface area (Å²) in [4.78, 5) is 27.1. The Morgan fingerprint density at radius 1 is 1.04 bits per heavy atom. The van der Waals surface area contributed by atoms with Crippen LogP contribution in [0.1, 0.15) is 65.7 Å². The van der Waals surface area contributed by atoms with Crippen LogP contribution in [0.15, 0.2) is 18.2 Å². The molecule has 1 amide bonds. The van der Waals surface area contributed by atoms with Gasteiger partial charge in [-0.2, -0.15) is 0 Å². The number of hydrogen-bond donors (Lipinski definition) is 0. The number of amides is 1. The smallest absolute Gasteiger partial charge is 0.253 e. The van der Waals surface area contributed by atoms with Gasteiger partial charge in [0.1, 0.15) is 0 Å². The van der Waals surface area contributed by atoms with Gasteiger partial charge >= 0.3 is 0 Å². The Hall–Kier alpha value is -2.01. The first-order chi connectivity index (χ1) is 12.6. The molecule has 1 saturated heterocycles. The van der Waals surface area contributed by atoms with Gasteiger partial charge in [-0.25, -0.2) is 9.97 Å². The fourth-order valence-electron chi connectivity index (χ4n) is 5.05. The van der Waals surface area contributed by atoms with E-state index in [4.69, 9.17) is 9.97 Å². The van der Waals surface area contributed by atoms with Gasteiger partial charge in [0.15, 0.2) is 0 Å². The minimum atomic E-state index is 0.102. The van der Waals surface area contributed by atoms with E-state index in [0.29, 0.717) is 17.9 Å². The fraction of sp³-hybridized carbons (Fsp3) is 0.571. The predicted molar refractivity (Wildman–Crippen MR) is 101 cm³/mol. The van der Waals surface area contributed by atoms with Crippen LogP contribution in [0.2, 0.25) is 0 Å². The van der Waals surface area contributed by atoms with Crippen LogP contribution in [-0.4, -0.2) is 58.9 Å². The standard InChI is InChI=1S/C21H26N4O/c1-24-9-7-16(8-10-24)25(2)21(26)15-5-6-17-18(12-15)23-20-14-4-3-13(11-14)19(20)22-17/h5-6,12-14,16H,3-4,7-11H2,1-2H3. The van der Waals surface area contributed by atoms with Crippen LogP contribution in [0.25, 0.3) is 11.0 Å². The number of benzene rings is 1. The van der Waals surface area contributed by atoms with Crippen molar-refractivity contribution in [2.24, 2.45) is 0 Å². The Morgan fingerprint density at radius 3 is 2.38 bits per heavy atom. The van der Waals surface area contributed by atoms with Gasteiger partial charge < -0.3 is 9.80 Å². The number of piperidine rings is 1. The van der Waals surface area contributed by atoms with Gasteiger partial charge in [-0.1, -0.05) is 0 Å². The minimum absolute atomic E-state index is 0.102. The molecule has 5 heteroatoms. The van der Waals surface area contributed by atoms with Crippen LogP contribution in [0, 0.1) is 0 Å². The summed E-state index contributed by atoms with van der Waals surface area (Å²) in [5, 5.41) is 0. The lowest BCUT2D eigenvalue weighted by atomic mass is 10.00. The van der Waals surface area contributed by atoms with Crippen LogP contribution >= 0.6 is 0 Å². The number of likely N-dealkylation sites (tertiary alicyclic amines) is 1. The highest BCUT2D eigenvalue weighted by atomic mass is 16.2. The maximum atomic E-state index is 13.0. The molecule has 0 spiro atoms. The van der Waals surface area contributed by atoms with Crippen molar-refractivity contribution >= 4 is 16.9 Å². The van der Waals surface area contributed by atoms with E-state index in [1.807, 2.05) is 30.1 Å². The van der Waals surface area contributed by atoms with Crippen molar-refractivity contribution in [3.63, 3.8) is 0 Å². The molecular weight excluding hydrogens is 324 g/mol. The Labute approximate surface area is 154 Å². The number of carbonyl (C=O) groups excluding carboxylic acids is 1. The van der Waals surface area contributed by atoms with Gasteiger partial charge in [-0.15, -0.1) is 0 Å². The van der Waals surface area contributed by atoms with E-state index in [9.17, 15) is 4.79 Å². The molecule has 2 atom stereocenters. The van der Waals surface area contributed by atoms with Crippen molar-refractivity contribution in [3.8, 4) is 0 Å². The molecular formula is C21H26N4O. The highest BCUT2D eigenvalue weighted by Crippen LogP contribution is 2.51. The molecule has 1 saturated carbocycles. The zero-order valence-corrected chi connectivity index (χ0v) is 15.6. The molecule has 2 heterocycles. The van der Waals surface area contributed by atoms with Crippen LogP contribution in [0.5, 0.6) is 0 Å². The van der Waals surface area contributed by atoms with Crippen LogP contribution in [-0.2, 0) is 0 Å². The Kier molecular flexibility index (Phi) is 3.74. The molecule has 1 aromatic carbocycles. The number of fused-ring (bicyclic) bond motifs is 6. The van der Waals surface area contributed by atoms with Crippen molar-refractivity contribution in [3.05, 3.63) is 35.2 Å². The first kappa shape index (κ1) is 16.2. The molecule has 0 N–H and O–H groups in total. The average Bonchev–Trinajstić information content (AvgIpc) is 3.28. The van der Waals surface area contributed by atoms with Gasteiger partial charge in [-0.05, 0) is 70.4 Å². The minimum Gasteiger partial charge on any atom is -0.339 e. The lowest BCUT2D eigenvalue weighted by molar-refractivity contribution is 0.0660. The number of hydrogen-bond acceptors (Lipinski definition) is 4. The van der Waals surface area contributed by atoms with E-state index < -0.39 is 0 Å². The number of nitrogens with zero attached hydrogens (tertiary/aromatic N) is 4. The van der Waals surface area contributed by atoms with E-state index in [2.05, 4.69) is 11.9 Å². The molecule has 26 heavy (non-hydrogen) atoms. The first-order valence-electron chi connectivity index (χ1n) is 9.87. The highest BCUT2D eigenvalue weighted by Gasteiger charge is 2.39. The molecule has 136 valence electrons. The SMILES string of the molecule is CN1CCC(N(C)C(=O)c2ccc3nc4c(nc3c2)C2CCC4C2)CC1. The lowest BCUT2D eigenvalue weighted by Gasteiger charge is -2.35. The normalized spacial score (nSPS) is 25.6. The summed E-state index contributed by atoms with van der Waals surface area (Å²) in [5.74, 6) is 1.31. The van der Waals surface area contributed by atoms with E-state index in [-0.39, 0.29) is 5.91 Å². The van der Waals surface area contributed by atoms with Gasteiger partial charge in [-0.3, -0.25) is 4.79 Å². The third kappa shape index (κ3) is 2.52. The third-order valence-electron chi connectivity index (χ3n) is 6.73. The van der Waals surface area contributed by atoms with E-state index in [1.165, 1.54) is 30.7 Å². The molecule has 2 unspecified atom stereocenters. The summed E-state index contributed by atoms with van der Waals surface area (Å²) in [7, 11) is 4.08. The fourth-order valence-corrected chi connectivity index (χ4v) is 5.05. The molecule has 3 aliphatic rings. The Morgan fingerprint density at radius 2 is 1.69 bits per heavy atom. The van der Waals surface area contributed by atoms with Gasteiger partial charge in [0.2, 0.25) is 0 Å². The van der Waals surface area contributed by atoms with Gasteiger partial charge in [0, 0.05) is 30.5 Å². The average molecular weight is 350 g/mol. The van der Waals surface area contributed by atoms with Crippen LogP contribution < -0.4 is 0 Å². The zero-order valence-electron chi connectivity index (χ0n) is 15.6. The second kappa shape index (κ2) is 6.02. The molecule has 2 aromatic rings. The van der Waals surface area contributed by atoms with Gasteiger partial charge in [0.05, 0.1) is 22.4 Å². The highest BCUT2D eigenvalue weighted by molar-refractivity contribution is 5.97. The first-order valence-corrected chi connectivity index (χ1v) is 9.87. The zero-order chi connectivity index (χ0) is 17.8. The maximum Gasteiger partial charge on any atom is 0.253 e. The summed E-state index contributed by atoms with van der Waals surface area (Å²) in [6.45, 7) is 2.11. The molecule has 5 rings (SSSR count). The van der Waals surface area contributed by atoms with Crippen molar-refractivity contribution in [1.82, 2.24) is 19.8 Å². The largest absolute Gasteiger partial charge is 0.339 e. The molecule has 5 nitrogen and oxygen atoms in total. The van der Waals surface area contributed by atoms with E-state index in [0.717, 1.165) is 42.5 Å². The van der Waals surface area contributed by atoms with Crippen LogP contribution in [0.3, 0.4) is 0 Å². The summed E-state index contributed by atoms with van der Waals surface area (Å²) >= 11 is 0. The number of aromatic nitrogens is 2. The monoisotopic (exact) mass is 350 g/mol. The van der Waals surface area contributed by atoms with E-state index >= 15 is 0 Å². The molecule has 2 aliphatic carbocycles. The quantitative estimate of drug-likeness (QED) is 0.835. The second-order valence-electron chi connectivity index (χ2n) is 8.35. The summed E-state index contributed by atoms with van der Waals surface area (Å²) < 4.78 is 0. The third-order valence-corrected chi connectivity index (χ3v) is 6.73. The summed E-state index contributed by atoms with van der Waals surface area (Å²) in [6, 6.07) is 6.17. The van der Waals surface area contributed by atoms with E-state index in [1.54, 1.807) is 0 Å². The van der Waals surface area contributed by atoms with Crippen molar-refractivity contribution < 1.29 is 4.79 Å². The van der Waals surface area contributed by atoms with Crippen LogP contribution in [0.4, 0.5) is 0 Å². The van der Waals surface area contributed by atoms with Crippen molar-refractivity contribution in [2.75, 3.05) is 27.2 Å². The molecule has 2 bridgehead atoms. The Balaban J connectivity index is 1.43. The lowest BCUT2D eigenvalue weighted by Crippen LogP contribution is -2.44.